The molecule has 0 aromatic carbocycles. The fourth-order valence-electron chi connectivity index (χ4n) is 1.09. The van der Waals surface area contributed by atoms with Gasteiger partial charge < -0.3 is 11.5 Å². The highest BCUT2D eigenvalue weighted by molar-refractivity contribution is 6.07. The van der Waals surface area contributed by atoms with Gasteiger partial charge in [0.2, 0.25) is 5.91 Å². The van der Waals surface area contributed by atoms with Crippen LogP contribution in [-0.4, -0.2) is 11.7 Å². The van der Waals surface area contributed by atoms with E-state index in [4.69, 9.17) is 11.5 Å². The smallest absolute Gasteiger partial charge is 0.228 e. The Kier molecular flexibility index (Phi) is 1.94. The number of ketones is 1. The van der Waals surface area contributed by atoms with E-state index in [-0.39, 0.29) is 5.78 Å². The molecule has 0 fully saturated rings. The Morgan fingerprint density at radius 2 is 2.27 bits per heavy atom. The maximum atomic E-state index is 11.0. The van der Waals surface area contributed by atoms with Crippen molar-refractivity contribution in [2.24, 2.45) is 17.4 Å². The van der Waals surface area contributed by atoms with Gasteiger partial charge in [0.25, 0.3) is 0 Å². The summed E-state index contributed by atoms with van der Waals surface area (Å²) in [6.45, 7) is 0. The fraction of sp³-hybridized carbons (Fsp3) is 0.429. The third kappa shape index (κ3) is 1.58. The van der Waals surface area contributed by atoms with Gasteiger partial charge in [-0.05, 0) is 12.8 Å². The van der Waals surface area contributed by atoms with E-state index in [0.29, 0.717) is 18.5 Å². The molecule has 0 saturated heterocycles. The molecule has 0 spiro atoms. The molecule has 0 aliphatic heterocycles. The van der Waals surface area contributed by atoms with Gasteiger partial charge in [0, 0.05) is 11.8 Å². The monoisotopic (exact) mass is 154 g/mol. The molecule has 0 saturated carbocycles. The third-order valence-electron chi connectivity index (χ3n) is 1.74. The largest absolute Gasteiger partial charge is 0.402 e. The van der Waals surface area contributed by atoms with E-state index >= 15 is 0 Å². The minimum absolute atomic E-state index is 0.263. The molecule has 1 atom stereocenters. The molecular weight excluding hydrogens is 144 g/mol. The van der Waals surface area contributed by atoms with Crippen LogP contribution in [-0.2, 0) is 9.59 Å². The van der Waals surface area contributed by atoms with Crippen molar-refractivity contribution in [1.29, 1.82) is 0 Å². The zero-order chi connectivity index (χ0) is 8.43. The summed E-state index contributed by atoms with van der Waals surface area (Å²) >= 11 is 0. The first kappa shape index (κ1) is 7.78. The molecular formula is C7H10N2O2. The number of carbonyl (C=O) groups excluding carboxylic acids is 2. The van der Waals surface area contributed by atoms with E-state index in [1.54, 1.807) is 0 Å². The topological polar surface area (TPSA) is 86.2 Å². The fourth-order valence-corrected chi connectivity index (χ4v) is 1.09. The molecule has 0 radical (unpaired) electrons. The average Bonchev–Trinajstić information content (AvgIpc) is 1.85. The summed E-state index contributed by atoms with van der Waals surface area (Å²) in [6.07, 6.45) is 2.33. The summed E-state index contributed by atoms with van der Waals surface area (Å²) in [7, 11) is 0. The number of amides is 1. The second kappa shape index (κ2) is 2.74. The van der Waals surface area contributed by atoms with Crippen LogP contribution in [0.3, 0.4) is 0 Å². The summed E-state index contributed by atoms with van der Waals surface area (Å²) in [5.74, 6) is -1.47. The Morgan fingerprint density at radius 1 is 1.64 bits per heavy atom. The normalized spacial score (nSPS) is 24.5. The highest BCUT2D eigenvalue weighted by atomic mass is 16.2. The summed E-state index contributed by atoms with van der Waals surface area (Å²) in [5, 5.41) is 0. The first-order valence-electron chi connectivity index (χ1n) is 3.40. The highest BCUT2D eigenvalue weighted by Crippen LogP contribution is 2.17. The summed E-state index contributed by atoms with van der Waals surface area (Å²) in [5.41, 5.74) is 10.9. The zero-order valence-electron chi connectivity index (χ0n) is 6.04. The van der Waals surface area contributed by atoms with Crippen molar-refractivity contribution < 1.29 is 9.59 Å². The van der Waals surface area contributed by atoms with Gasteiger partial charge in [-0.1, -0.05) is 0 Å². The Balaban J connectivity index is 2.76. The molecule has 4 N–H and O–H groups in total. The quantitative estimate of drug-likeness (QED) is 0.489. The molecule has 1 rings (SSSR count). The SMILES string of the molecule is NC(=O)C1CCC(N)=CC1=O. The van der Waals surface area contributed by atoms with Gasteiger partial charge in [-0.3, -0.25) is 9.59 Å². The number of allylic oxidation sites excluding steroid dienone is 2. The first-order chi connectivity index (χ1) is 5.11. The molecule has 0 heterocycles. The van der Waals surface area contributed by atoms with Crippen LogP contribution in [0.5, 0.6) is 0 Å². The Bertz CT molecular complexity index is 233. The van der Waals surface area contributed by atoms with Crippen molar-refractivity contribution >= 4 is 11.7 Å². The number of primary amides is 1. The second-order valence-electron chi connectivity index (χ2n) is 2.62. The molecule has 11 heavy (non-hydrogen) atoms. The van der Waals surface area contributed by atoms with Gasteiger partial charge >= 0.3 is 0 Å². The molecule has 4 nitrogen and oxygen atoms in total. The van der Waals surface area contributed by atoms with E-state index in [0.717, 1.165) is 0 Å². The molecule has 1 aliphatic carbocycles. The molecule has 1 aliphatic rings. The van der Waals surface area contributed by atoms with Crippen molar-refractivity contribution in [3.8, 4) is 0 Å². The molecule has 0 bridgehead atoms. The first-order valence-corrected chi connectivity index (χ1v) is 3.40. The number of carbonyl (C=O) groups is 2. The molecule has 0 aromatic heterocycles. The molecule has 1 amide bonds. The maximum Gasteiger partial charge on any atom is 0.228 e. The van der Waals surface area contributed by atoms with Gasteiger partial charge in [0.15, 0.2) is 5.78 Å². The van der Waals surface area contributed by atoms with Gasteiger partial charge in [-0.15, -0.1) is 0 Å². The van der Waals surface area contributed by atoms with Gasteiger partial charge in [-0.2, -0.15) is 0 Å². The van der Waals surface area contributed by atoms with Gasteiger partial charge in [0.1, 0.15) is 5.92 Å². The number of hydrogen-bond donors (Lipinski definition) is 2. The van der Waals surface area contributed by atoms with Crippen molar-refractivity contribution in [3.05, 3.63) is 11.8 Å². The van der Waals surface area contributed by atoms with Crippen LogP contribution >= 0.6 is 0 Å². The lowest BCUT2D eigenvalue weighted by molar-refractivity contribution is -0.130. The summed E-state index contributed by atoms with van der Waals surface area (Å²) < 4.78 is 0. The van der Waals surface area contributed by atoms with Gasteiger partial charge in [0.05, 0.1) is 0 Å². The van der Waals surface area contributed by atoms with E-state index in [1.807, 2.05) is 0 Å². The van der Waals surface area contributed by atoms with Crippen LogP contribution in [0.2, 0.25) is 0 Å². The lowest BCUT2D eigenvalue weighted by Crippen LogP contribution is -2.32. The van der Waals surface area contributed by atoms with Crippen LogP contribution in [0.1, 0.15) is 12.8 Å². The standard InChI is InChI=1S/C7H10N2O2/c8-4-1-2-5(7(9)11)6(10)3-4/h3,5H,1-2,8H2,(H2,9,11). The minimum atomic E-state index is -0.651. The van der Waals surface area contributed by atoms with E-state index < -0.39 is 11.8 Å². The van der Waals surface area contributed by atoms with Crippen LogP contribution in [0.15, 0.2) is 11.8 Å². The van der Waals surface area contributed by atoms with Crippen LogP contribution in [0.4, 0.5) is 0 Å². The number of rotatable bonds is 1. The van der Waals surface area contributed by atoms with Crippen LogP contribution in [0.25, 0.3) is 0 Å². The Hall–Kier alpha value is -1.32. The average molecular weight is 154 g/mol. The number of hydrogen-bond acceptors (Lipinski definition) is 3. The van der Waals surface area contributed by atoms with Crippen molar-refractivity contribution in [2.45, 2.75) is 12.8 Å². The van der Waals surface area contributed by atoms with Crippen molar-refractivity contribution in [1.82, 2.24) is 0 Å². The predicted molar refractivity (Wildman–Crippen MR) is 39.2 cm³/mol. The maximum absolute atomic E-state index is 11.0. The van der Waals surface area contributed by atoms with Crippen molar-refractivity contribution in [3.63, 3.8) is 0 Å². The summed E-state index contributed by atoms with van der Waals surface area (Å²) in [4.78, 5) is 21.6. The Labute approximate surface area is 64.2 Å². The van der Waals surface area contributed by atoms with E-state index in [1.165, 1.54) is 6.08 Å². The van der Waals surface area contributed by atoms with Crippen molar-refractivity contribution in [2.75, 3.05) is 0 Å². The summed E-state index contributed by atoms with van der Waals surface area (Å²) in [6, 6.07) is 0. The van der Waals surface area contributed by atoms with Crippen LogP contribution in [0, 0.1) is 5.92 Å². The predicted octanol–water partition coefficient (Wildman–Crippen LogP) is -0.707. The second-order valence-corrected chi connectivity index (χ2v) is 2.62. The molecule has 1 unspecified atom stereocenters. The minimum Gasteiger partial charge on any atom is -0.402 e. The van der Waals surface area contributed by atoms with E-state index in [2.05, 4.69) is 0 Å². The van der Waals surface area contributed by atoms with E-state index in [9.17, 15) is 9.59 Å². The zero-order valence-corrected chi connectivity index (χ0v) is 6.04. The van der Waals surface area contributed by atoms with Crippen LogP contribution < -0.4 is 11.5 Å². The lowest BCUT2D eigenvalue weighted by Gasteiger charge is -2.14. The molecule has 4 heteroatoms. The third-order valence-corrected chi connectivity index (χ3v) is 1.74. The highest BCUT2D eigenvalue weighted by Gasteiger charge is 2.25. The van der Waals surface area contributed by atoms with Gasteiger partial charge in [-0.25, -0.2) is 0 Å². The lowest BCUT2D eigenvalue weighted by atomic mass is 9.91. The molecule has 60 valence electrons. The number of nitrogens with two attached hydrogens (primary N) is 2. The Morgan fingerprint density at radius 3 is 2.73 bits per heavy atom. The molecule has 0 aromatic rings.